The third-order valence-corrected chi connectivity index (χ3v) is 8.61. The third-order valence-electron chi connectivity index (χ3n) is 5.66. The van der Waals surface area contributed by atoms with E-state index in [0.29, 0.717) is 16.0 Å². The number of hydrogen-bond donors (Lipinski definition) is 0. The van der Waals surface area contributed by atoms with Gasteiger partial charge in [-0.15, -0.1) is 6.58 Å². The zero-order valence-electron chi connectivity index (χ0n) is 19.6. The molecule has 1 aliphatic rings. The minimum absolute atomic E-state index is 0.0442. The highest BCUT2D eigenvalue weighted by Gasteiger charge is 2.30. The normalized spacial score (nSPS) is 15.3. The van der Waals surface area contributed by atoms with Gasteiger partial charge in [0.1, 0.15) is 5.82 Å². The van der Waals surface area contributed by atoms with Crippen LogP contribution in [-0.4, -0.2) is 67.0 Å². The Morgan fingerprint density at radius 2 is 1.83 bits per heavy atom. The number of piperazine rings is 1. The Kier molecular flexibility index (Phi) is 7.67. The molecule has 9 nitrogen and oxygen atoms in total. The first-order valence-corrected chi connectivity index (χ1v) is 13.5. The van der Waals surface area contributed by atoms with E-state index in [0.717, 1.165) is 5.52 Å². The summed E-state index contributed by atoms with van der Waals surface area (Å²) in [5, 5.41) is 0. The van der Waals surface area contributed by atoms with Crippen LogP contribution in [0.15, 0.2) is 65.0 Å². The number of amides is 2. The van der Waals surface area contributed by atoms with Crippen LogP contribution in [0.1, 0.15) is 17.3 Å². The summed E-state index contributed by atoms with van der Waals surface area (Å²) in [6, 6.07) is 9.92. The van der Waals surface area contributed by atoms with Gasteiger partial charge in [-0.05, 0) is 49.4 Å². The fourth-order valence-corrected chi connectivity index (χ4v) is 6.32. The summed E-state index contributed by atoms with van der Waals surface area (Å²) in [7, 11) is -3.80. The number of carbonyl (C=O) groups is 2. The molecule has 0 N–H and O–H groups in total. The number of rotatable bonds is 6. The molecule has 0 aliphatic carbocycles. The highest BCUT2D eigenvalue weighted by molar-refractivity contribution is 7.89. The average molecular weight is 533 g/mol. The zero-order valence-corrected chi connectivity index (χ0v) is 21.2. The Morgan fingerprint density at radius 1 is 1.14 bits per heavy atom. The van der Waals surface area contributed by atoms with E-state index in [4.69, 9.17) is 4.74 Å². The summed E-state index contributed by atoms with van der Waals surface area (Å²) < 4.78 is 48.4. The van der Waals surface area contributed by atoms with Crippen molar-refractivity contribution in [1.82, 2.24) is 13.8 Å². The van der Waals surface area contributed by atoms with Crippen LogP contribution < -0.4 is 4.80 Å². The summed E-state index contributed by atoms with van der Waals surface area (Å²) in [6.07, 6.45) is 1.20. The molecule has 0 atom stereocenters. The molecule has 2 aromatic carbocycles. The summed E-state index contributed by atoms with van der Waals surface area (Å²) >= 11 is 1.18. The first-order valence-electron chi connectivity index (χ1n) is 11.3. The SMILES string of the molecule is C=CCn1c(=NC(=O)c2ccc(S(=O)(=O)N3CCN(C(=O)OCC)CC3)cc2)sc2cc(F)ccc21. The van der Waals surface area contributed by atoms with Gasteiger partial charge in [-0.25, -0.2) is 17.6 Å². The molecule has 0 spiro atoms. The Morgan fingerprint density at radius 3 is 2.47 bits per heavy atom. The van der Waals surface area contributed by atoms with Crippen molar-refractivity contribution >= 4 is 43.6 Å². The minimum atomic E-state index is -3.80. The van der Waals surface area contributed by atoms with Crippen molar-refractivity contribution in [3.8, 4) is 0 Å². The largest absolute Gasteiger partial charge is 0.450 e. The summed E-state index contributed by atoms with van der Waals surface area (Å²) in [6.45, 7) is 6.84. The van der Waals surface area contributed by atoms with Gasteiger partial charge >= 0.3 is 6.09 Å². The molecule has 1 aromatic heterocycles. The molecule has 0 radical (unpaired) electrons. The maximum Gasteiger partial charge on any atom is 0.409 e. The number of nitrogens with zero attached hydrogens (tertiary/aromatic N) is 4. The van der Waals surface area contributed by atoms with Crippen molar-refractivity contribution in [3.63, 3.8) is 0 Å². The molecule has 36 heavy (non-hydrogen) atoms. The second-order valence-corrected chi connectivity index (χ2v) is 10.9. The molecule has 0 saturated carbocycles. The van der Waals surface area contributed by atoms with Crippen LogP contribution in [0.2, 0.25) is 0 Å². The number of carbonyl (C=O) groups excluding carboxylic acids is 2. The number of ether oxygens (including phenoxy) is 1. The van der Waals surface area contributed by atoms with Crippen LogP contribution in [0.4, 0.5) is 9.18 Å². The fourth-order valence-electron chi connectivity index (χ4n) is 3.83. The molecule has 2 amide bonds. The number of thiazole rings is 1. The molecule has 1 aliphatic heterocycles. The molecular formula is C24H25FN4O5S2. The average Bonchev–Trinajstić information content (AvgIpc) is 3.20. The van der Waals surface area contributed by atoms with Crippen LogP contribution in [0.25, 0.3) is 10.2 Å². The van der Waals surface area contributed by atoms with Gasteiger partial charge in [-0.1, -0.05) is 17.4 Å². The zero-order chi connectivity index (χ0) is 25.9. The van der Waals surface area contributed by atoms with Gasteiger partial charge in [0.05, 0.1) is 21.7 Å². The second-order valence-electron chi connectivity index (χ2n) is 7.93. The molecule has 0 bridgehead atoms. The minimum Gasteiger partial charge on any atom is -0.450 e. The summed E-state index contributed by atoms with van der Waals surface area (Å²) in [5.74, 6) is -0.932. The van der Waals surface area contributed by atoms with E-state index in [2.05, 4.69) is 11.6 Å². The molecule has 1 saturated heterocycles. The maximum absolute atomic E-state index is 13.6. The molecule has 190 valence electrons. The standard InChI is InChI=1S/C24H25FN4O5S2/c1-3-11-29-20-10-7-18(25)16-21(20)35-23(29)26-22(30)17-5-8-19(9-6-17)36(32,33)28-14-12-27(13-15-28)24(31)34-4-2/h3,5-10,16H,1,4,11-15H2,2H3. The van der Waals surface area contributed by atoms with E-state index in [1.807, 2.05) is 0 Å². The lowest BCUT2D eigenvalue weighted by Crippen LogP contribution is -2.50. The van der Waals surface area contributed by atoms with Crippen molar-refractivity contribution in [2.24, 2.45) is 4.99 Å². The quantitative estimate of drug-likeness (QED) is 0.454. The van der Waals surface area contributed by atoms with Gasteiger partial charge in [0, 0.05) is 38.3 Å². The molecule has 12 heteroatoms. The lowest BCUT2D eigenvalue weighted by Gasteiger charge is -2.33. The topological polar surface area (TPSA) is 101 Å². The first-order chi connectivity index (χ1) is 17.2. The second kappa shape index (κ2) is 10.7. The Hall–Kier alpha value is -3.35. The third kappa shape index (κ3) is 5.25. The maximum atomic E-state index is 13.6. The van der Waals surface area contributed by atoms with Gasteiger partial charge < -0.3 is 14.2 Å². The number of fused-ring (bicyclic) bond motifs is 1. The predicted molar refractivity (Wildman–Crippen MR) is 134 cm³/mol. The number of hydrogen-bond acceptors (Lipinski definition) is 6. The summed E-state index contributed by atoms with van der Waals surface area (Å²) in [4.78, 5) is 30.8. The molecule has 4 rings (SSSR count). The number of halogens is 1. The first kappa shape index (κ1) is 25.7. The van der Waals surface area contributed by atoms with Crippen molar-refractivity contribution in [1.29, 1.82) is 0 Å². The van der Waals surface area contributed by atoms with Crippen molar-refractivity contribution in [3.05, 3.63) is 71.3 Å². The molecule has 3 aromatic rings. The molecule has 2 heterocycles. The number of benzene rings is 2. The van der Waals surface area contributed by atoms with Crippen LogP contribution in [0.3, 0.4) is 0 Å². The molecule has 1 fully saturated rings. The van der Waals surface area contributed by atoms with Crippen molar-refractivity contribution in [2.75, 3.05) is 32.8 Å². The van der Waals surface area contributed by atoms with Gasteiger partial charge in [-0.3, -0.25) is 4.79 Å². The van der Waals surface area contributed by atoms with E-state index in [9.17, 15) is 22.4 Å². The number of allylic oxidation sites excluding steroid dienone is 1. The van der Waals surface area contributed by atoms with Crippen LogP contribution in [0.5, 0.6) is 0 Å². The van der Waals surface area contributed by atoms with Crippen molar-refractivity contribution < 1.29 is 27.1 Å². The van der Waals surface area contributed by atoms with Gasteiger partial charge in [0.25, 0.3) is 5.91 Å². The Labute approximate surface area is 211 Å². The lowest BCUT2D eigenvalue weighted by atomic mass is 10.2. The van der Waals surface area contributed by atoms with Crippen LogP contribution in [-0.2, 0) is 21.3 Å². The Balaban J connectivity index is 1.53. The van der Waals surface area contributed by atoms with E-state index in [-0.39, 0.29) is 49.1 Å². The summed E-state index contributed by atoms with van der Waals surface area (Å²) in [5.41, 5.74) is 0.951. The van der Waals surface area contributed by atoms with E-state index >= 15 is 0 Å². The highest BCUT2D eigenvalue weighted by Crippen LogP contribution is 2.21. The van der Waals surface area contributed by atoms with Gasteiger partial charge in [0.2, 0.25) is 10.0 Å². The number of sulfonamides is 1. The van der Waals surface area contributed by atoms with E-state index < -0.39 is 22.0 Å². The van der Waals surface area contributed by atoms with Crippen LogP contribution >= 0.6 is 11.3 Å². The fraction of sp³-hybridized carbons (Fsp3) is 0.292. The highest BCUT2D eigenvalue weighted by atomic mass is 32.2. The van der Waals surface area contributed by atoms with E-state index in [1.165, 1.54) is 56.9 Å². The molecule has 0 unspecified atom stereocenters. The van der Waals surface area contributed by atoms with E-state index in [1.54, 1.807) is 23.6 Å². The molecular weight excluding hydrogens is 507 g/mol. The predicted octanol–water partition coefficient (Wildman–Crippen LogP) is 3.23. The smallest absolute Gasteiger partial charge is 0.409 e. The monoisotopic (exact) mass is 532 g/mol. The number of aromatic nitrogens is 1. The van der Waals surface area contributed by atoms with Crippen molar-refractivity contribution in [2.45, 2.75) is 18.4 Å². The Bertz CT molecular complexity index is 1470. The van der Waals surface area contributed by atoms with Crippen LogP contribution in [0, 0.1) is 5.82 Å². The van der Waals surface area contributed by atoms with Gasteiger partial charge in [-0.2, -0.15) is 9.30 Å². The lowest BCUT2D eigenvalue weighted by molar-refractivity contribution is 0.0933. The van der Waals surface area contributed by atoms with Gasteiger partial charge in [0.15, 0.2) is 4.80 Å².